The molecule has 2 heterocycles. The van der Waals surface area contributed by atoms with Crippen molar-refractivity contribution in [3.63, 3.8) is 0 Å². The molecule has 0 radical (unpaired) electrons. The molecular weight excluding hydrogens is 410 g/mol. The first-order valence-electron chi connectivity index (χ1n) is 9.20. The summed E-state index contributed by atoms with van der Waals surface area (Å²) < 4.78 is 15.5. The van der Waals surface area contributed by atoms with Crippen LogP contribution in [0.3, 0.4) is 0 Å². The van der Waals surface area contributed by atoms with E-state index in [1.54, 1.807) is 17.9 Å². The molecule has 4 aromatic rings. The molecule has 29 heavy (non-hydrogen) atoms. The first-order valence-corrected chi connectivity index (χ1v) is 9.96. The molecule has 148 valence electrons. The zero-order valence-electron chi connectivity index (χ0n) is 16.2. The first-order chi connectivity index (χ1) is 13.8. The fraction of sp³-hybridized carbons (Fsp3) is 0.174. The number of pyridine rings is 1. The number of aromatic nitrogens is 2. The largest absolute Gasteiger partial charge is 0.406 e. The summed E-state index contributed by atoms with van der Waals surface area (Å²) in [6, 6.07) is 12.9. The maximum Gasteiger partial charge on any atom is 0.150 e. The summed E-state index contributed by atoms with van der Waals surface area (Å²) in [5, 5.41) is 0.324. The van der Waals surface area contributed by atoms with Gasteiger partial charge in [0.15, 0.2) is 6.10 Å². The van der Waals surface area contributed by atoms with Gasteiger partial charge >= 0.3 is 0 Å². The molecule has 0 aliphatic rings. The van der Waals surface area contributed by atoms with Gasteiger partial charge in [-0.25, -0.2) is 4.39 Å². The Morgan fingerprint density at radius 3 is 2.55 bits per heavy atom. The van der Waals surface area contributed by atoms with Crippen LogP contribution < -0.4 is 4.84 Å². The van der Waals surface area contributed by atoms with E-state index in [9.17, 15) is 4.39 Å². The predicted molar refractivity (Wildman–Crippen MR) is 116 cm³/mol. The quantitative estimate of drug-likeness (QED) is 0.328. The van der Waals surface area contributed by atoms with Crippen LogP contribution in [0.5, 0.6) is 0 Å². The Morgan fingerprint density at radius 1 is 1.00 bits per heavy atom. The van der Waals surface area contributed by atoms with E-state index in [1.807, 2.05) is 18.3 Å². The summed E-state index contributed by atoms with van der Waals surface area (Å²) in [7, 11) is 0. The summed E-state index contributed by atoms with van der Waals surface area (Å²) >= 11 is 12.4. The highest BCUT2D eigenvalue weighted by atomic mass is 35.5. The molecule has 0 fully saturated rings. The smallest absolute Gasteiger partial charge is 0.150 e. The maximum absolute atomic E-state index is 13.9. The maximum atomic E-state index is 13.9. The lowest BCUT2D eigenvalue weighted by Gasteiger charge is -2.19. The molecule has 0 saturated heterocycles. The lowest BCUT2D eigenvalue weighted by atomic mass is 10.0. The van der Waals surface area contributed by atoms with E-state index >= 15 is 0 Å². The normalized spacial score (nSPS) is 12.3. The number of hydrogen-bond donors (Lipinski definition) is 0. The van der Waals surface area contributed by atoms with Crippen molar-refractivity contribution in [2.75, 3.05) is 0 Å². The van der Waals surface area contributed by atoms with Crippen LogP contribution in [-0.4, -0.2) is 9.71 Å². The Balaban J connectivity index is 1.72. The van der Waals surface area contributed by atoms with Crippen molar-refractivity contribution in [1.82, 2.24) is 9.71 Å². The number of benzene rings is 2. The van der Waals surface area contributed by atoms with Crippen LogP contribution in [0.1, 0.15) is 29.7 Å². The lowest BCUT2D eigenvalue weighted by Crippen LogP contribution is -2.16. The molecule has 0 bridgehead atoms. The van der Waals surface area contributed by atoms with Gasteiger partial charge < -0.3 is 4.84 Å². The van der Waals surface area contributed by atoms with Gasteiger partial charge in [-0.2, -0.15) is 4.73 Å². The Morgan fingerprint density at radius 2 is 1.79 bits per heavy atom. The second-order valence-electron chi connectivity index (χ2n) is 7.07. The second kappa shape index (κ2) is 7.69. The van der Waals surface area contributed by atoms with Crippen LogP contribution in [0.2, 0.25) is 10.0 Å². The Hall–Kier alpha value is -2.56. The lowest BCUT2D eigenvalue weighted by molar-refractivity contribution is 0.0562. The summed E-state index contributed by atoms with van der Waals surface area (Å²) in [6.07, 6.45) is 3.06. The molecule has 0 amide bonds. The van der Waals surface area contributed by atoms with Crippen molar-refractivity contribution >= 4 is 34.2 Å². The standard InChI is InChI=1S/C23H19Cl2FN2O/c1-13-4-5-16(10-14(13)2)17-11-21-20(27-12-17)8-9-28(21)29-15(3)22-18(24)6-7-19(26)23(22)25/h4-12,15H,1-3H3. The summed E-state index contributed by atoms with van der Waals surface area (Å²) in [5.74, 6) is -0.530. The van der Waals surface area contributed by atoms with Crippen molar-refractivity contribution in [2.45, 2.75) is 26.9 Å². The van der Waals surface area contributed by atoms with Crippen molar-refractivity contribution in [3.05, 3.63) is 87.4 Å². The summed E-state index contributed by atoms with van der Waals surface area (Å²) in [5.41, 5.74) is 6.54. The third kappa shape index (κ3) is 3.70. The van der Waals surface area contributed by atoms with E-state index in [0.717, 1.165) is 22.2 Å². The third-order valence-corrected chi connectivity index (χ3v) is 5.81. The molecule has 4 rings (SSSR count). The number of fused-ring (bicyclic) bond motifs is 1. The number of rotatable bonds is 4. The van der Waals surface area contributed by atoms with E-state index in [2.05, 4.69) is 37.0 Å². The minimum absolute atomic E-state index is 0.0320. The highest BCUT2D eigenvalue weighted by Gasteiger charge is 2.20. The first kappa shape index (κ1) is 19.7. The monoisotopic (exact) mass is 428 g/mol. The highest BCUT2D eigenvalue weighted by molar-refractivity contribution is 6.36. The SMILES string of the molecule is Cc1ccc(-c2cnc3ccn(OC(C)c4c(Cl)ccc(F)c4Cl)c3c2)cc1C. The molecule has 0 saturated carbocycles. The molecule has 3 nitrogen and oxygen atoms in total. The summed E-state index contributed by atoms with van der Waals surface area (Å²) in [4.78, 5) is 10.6. The highest BCUT2D eigenvalue weighted by Crippen LogP contribution is 2.33. The molecular formula is C23H19Cl2FN2O. The van der Waals surface area contributed by atoms with Gasteiger partial charge in [-0.05, 0) is 61.7 Å². The number of halogens is 3. The molecule has 1 atom stereocenters. The number of nitrogens with zero attached hydrogens (tertiary/aromatic N) is 2. The zero-order chi connectivity index (χ0) is 20.7. The van der Waals surface area contributed by atoms with Crippen LogP contribution in [0.15, 0.2) is 54.9 Å². The van der Waals surface area contributed by atoms with E-state index < -0.39 is 11.9 Å². The van der Waals surface area contributed by atoms with Crippen molar-refractivity contribution in [1.29, 1.82) is 0 Å². The van der Waals surface area contributed by atoms with Crippen molar-refractivity contribution in [3.8, 4) is 11.1 Å². The Kier molecular flexibility index (Phi) is 5.24. The van der Waals surface area contributed by atoms with Gasteiger partial charge in [0.25, 0.3) is 0 Å². The number of hydrogen-bond acceptors (Lipinski definition) is 2. The minimum atomic E-state index is -0.563. The second-order valence-corrected chi connectivity index (χ2v) is 7.86. The predicted octanol–water partition coefficient (Wildman–Crippen LogP) is 6.96. The zero-order valence-corrected chi connectivity index (χ0v) is 17.7. The van der Waals surface area contributed by atoms with Crippen LogP contribution in [0.4, 0.5) is 4.39 Å². The number of aryl methyl sites for hydroxylation is 2. The van der Waals surface area contributed by atoms with Crippen molar-refractivity contribution in [2.24, 2.45) is 0 Å². The van der Waals surface area contributed by atoms with Gasteiger partial charge in [-0.15, -0.1) is 0 Å². The molecule has 0 aliphatic carbocycles. The van der Waals surface area contributed by atoms with Gasteiger partial charge in [0, 0.05) is 28.5 Å². The van der Waals surface area contributed by atoms with E-state index in [-0.39, 0.29) is 5.02 Å². The van der Waals surface area contributed by atoms with Gasteiger partial charge in [-0.1, -0.05) is 41.4 Å². The van der Waals surface area contributed by atoms with Gasteiger partial charge in [0.2, 0.25) is 0 Å². The molecule has 0 N–H and O–H groups in total. The van der Waals surface area contributed by atoms with E-state index in [0.29, 0.717) is 10.6 Å². The van der Waals surface area contributed by atoms with Gasteiger partial charge in [0.05, 0.1) is 10.5 Å². The van der Waals surface area contributed by atoms with E-state index in [1.165, 1.54) is 23.3 Å². The van der Waals surface area contributed by atoms with Crippen LogP contribution in [-0.2, 0) is 0 Å². The Bertz CT molecular complexity index is 1220. The van der Waals surface area contributed by atoms with Crippen LogP contribution in [0.25, 0.3) is 22.2 Å². The molecule has 0 aliphatic heterocycles. The fourth-order valence-electron chi connectivity index (χ4n) is 3.30. The molecule has 0 spiro atoms. The van der Waals surface area contributed by atoms with Crippen LogP contribution >= 0.6 is 23.2 Å². The minimum Gasteiger partial charge on any atom is -0.406 e. The van der Waals surface area contributed by atoms with Gasteiger partial charge in [-0.3, -0.25) is 4.98 Å². The summed E-state index contributed by atoms with van der Waals surface area (Å²) in [6.45, 7) is 5.95. The van der Waals surface area contributed by atoms with Crippen molar-refractivity contribution < 1.29 is 9.23 Å². The van der Waals surface area contributed by atoms with Crippen LogP contribution in [0, 0.1) is 19.7 Å². The molecule has 2 aromatic heterocycles. The molecule has 6 heteroatoms. The average molecular weight is 429 g/mol. The topological polar surface area (TPSA) is 27.1 Å². The molecule has 2 aromatic carbocycles. The molecule has 1 unspecified atom stereocenters. The average Bonchev–Trinajstić information content (AvgIpc) is 3.09. The third-order valence-electron chi connectivity index (χ3n) is 5.10. The Labute approximate surface area is 178 Å². The van der Waals surface area contributed by atoms with Gasteiger partial charge in [0.1, 0.15) is 11.3 Å². The fourth-order valence-corrected chi connectivity index (χ4v) is 3.97. The van der Waals surface area contributed by atoms with E-state index in [4.69, 9.17) is 28.0 Å².